The first kappa shape index (κ1) is 16.1. The van der Waals surface area contributed by atoms with Crippen molar-refractivity contribution in [3.63, 3.8) is 0 Å². The van der Waals surface area contributed by atoms with Crippen molar-refractivity contribution in [2.24, 2.45) is 5.92 Å². The SMILES string of the molecule is CCOc1ccc(C(=O)NCC[C@@H]2CCCOC2)cc1Cl. The molecule has 0 aliphatic carbocycles. The lowest BCUT2D eigenvalue weighted by Crippen LogP contribution is -2.28. The lowest BCUT2D eigenvalue weighted by atomic mass is 9.99. The van der Waals surface area contributed by atoms with Crippen LogP contribution in [-0.4, -0.2) is 32.3 Å². The van der Waals surface area contributed by atoms with Crippen molar-refractivity contribution in [1.82, 2.24) is 5.32 Å². The summed E-state index contributed by atoms with van der Waals surface area (Å²) in [5, 5.41) is 3.39. The molecule has 5 heteroatoms. The summed E-state index contributed by atoms with van der Waals surface area (Å²) in [4.78, 5) is 12.1. The second-order valence-corrected chi connectivity index (χ2v) is 5.61. The van der Waals surface area contributed by atoms with Gasteiger partial charge in [-0.1, -0.05) is 11.6 Å². The topological polar surface area (TPSA) is 47.6 Å². The van der Waals surface area contributed by atoms with Crippen LogP contribution in [0.15, 0.2) is 18.2 Å². The van der Waals surface area contributed by atoms with Crippen molar-refractivity contribution in [3.05, 3.63) is 28.8 Å². The monoisotopic (exact) mass is 311 g/mol. The number of amides is 1. The fourth-order valence-electron chi connectivity index (χ4n) is 2.44. The number of hydrogen-bond donors (Lipinski definition) is 1. The van der Waals surface area contributed by atoms with Gasteiger partial charge in [-0.3, -0.25) is 4.79 Å². The molecule has 0 aromatic heterocycles. The fraction of sp³-hybridized carbons (Fsp3) is 0.562. The third-order valence-electron chi connectivity index (χ3n) is 3.59. The van der Waals surface area contributed by atoms with E-state index in [9.17, 15) is 4.79 Å². The van der Waals surface area contributed by atoms with Crippen LogP contribution < -0.4 is 10.1 Å². The van der Waals surface area contributed by atoms with Crippen molar-refractivity contribution in [2.45, 2.75) is 26.2 Å². The van der Waals surface area contributed by atoms with Crippen LogP contribution >= 0.6 is 11.6 Å². The Bertz CT molecular complexity index is 473. The molecule has 116 valence electrons. The van der Waals surface area contributed by atoms with Crippen molar-refractivity contribution in [3.8, 4) is 5.75 Å². The molecule has 1 aliphatic heterocycles. The van der Waals surface area contributed by atoms with E-state index in [4.69, 9.17) is 21.1 Å². The van der Waals surface area contributed by atoms with Crippen molar-refractivity contribution >= 4 is 17.5 Å². The van der Waals surface area contributed by atoms with Gasteiger partial charge in [0.1, 0.15) is 5.75 Å². The van der Waals surface area contributed by atoms with Crippen molar-refractivity contribution < 1.29 is 14.3 Å². The van der Waals surface area contributed by atoms with E-state index in [0.29, 0.717) is 35.4 Å². The fourth-order valence-corrected chi connectivity index (χ4v) is 2.68. The van der Waals surface area contributed by atoms with E-state index >= 15 is 0 Å². The van der Waals surface area contributed by atoms with Crippen LogP contribution in [0.25, 0.3) is 0 Å². The quantitative estimate of drug-likeness (QED) is 0.877. The highest BCUT2D eigenvalue weighted by molar-refractivity contribution is 6.32. The van der Waals surface area contributed by atoms with Crippen LogP contribution in [0.1, 0.15) is 36.5 Å². The van der Waals surface area contributed by atoms with Crippen LogP contribution in [0.5, 0.6) is 5.75 Å². The number of hydrogen-bond acceptors (Lipinski definition) is 3. The number of ether oxygens (including phenoxy) is 2. The van der Waals surface area contributed by atoms with Gasteiger partial charge in [0, 0.05) is 25.3 Å². The molecule has 1 aliphatic rings. The number of rotatable bonds is 6. The average molecular weight is 312 g/mol. The van der Waals surface area contributed by atoms with E-state index in [1.54, 1.807) is 18.2 Å². The Kier molecular flexibility index (Phi) is 6.33. The van der Waals surface area contributed by atoms with Gasteiger partial charge in [0.05, 0.1) is 11.6 Å². The molecule has 1 atom stereocenters. The van der Waals surface area contributed by atoms with Crippen LogP contribution in [0.3, 0.4) is 0 Å². The van der Waals surface area contributed by atoms with Gasteiger partial charge in [-0.2, -0.15) is 0 Å². The third kappa shape index (κ3) is 4.90. The Morgan fingerprint density at radius 1 is 1.52 bits per heavy atom. The molecule has 1 aromatic carbocycles. The van der Waals surface area contributed by atoms with Gasteiger partial charge >= 0.3 is 0 Å². The van der Waals surface area contributed by atoms with Crippen molar-refractivity contribution in [2.75, 3.05) is 26.4 Å². The van der Waals surface area contributed by atoms with Gasteiger partial charge in [-0.25, -0.2) is 0 Å². The van der Waals surface area contributed by atoms with Gasteiger partial charge < -0.3 is 14.8 Å². The van der Waals surface area contributed by atoms with E-state index in [2.05, 4.69) is 5.32 Å². The van der Waals surface area contributed by atoms with Crippen LogP contribution in [0.2, 0.25) is 5.02 Å². The zero-order chi connectivity index (χ0) is 15.1. The largest absolute Gasteiger partial charge is 0.492 e. The standard InChI is InChI=1S/C16H22ClNO3/c1-2-21-15-6-5-13(10-14(15)17)16(19)18-8-7-12-4-3-9-20-11-12/h5-6,10,12H,2-4,7-9,11H2,1H3,(H,18,19)/t12-/m0/s1. The summed E-state index contributed by atoms with van der Waals surface area (Å²) in [6.45, 7) is 4.79. The maximum atomic E-state index is 12.1. The van der Waals surface area contributed by atoms with E-state index in [1.165, 1.54) is 6.42 Å². The second kappa shape index (κ2) is 8.25. The molecule has 1 amide bonds. The molecule has 4 nitrogen and oxygen atoms in total. The molecule has 1 N–H and O–H groups in total. The Balaban J connectivity index is 1.81. The van der Waals surface area contributed by atoms with Crippen LogP contribution in [0, 0.1) is 5.92 Å². The molecule has 0 radical (unpaired) electrons. The maximum Gasteiger partial charge on any atom is 0.251 e. The third-order valence-corrected chi connectivity index (χ3v) is 3.88. The van der Waals surface area contributed by atoms with Gasteiger partial charge in [-0.05, 0) is 50.3 Å². The summed E-state index contributed by atoms with van der Waals surface area (Å²) < 4.78 is 10.8. The van der Waals surface area contributed by atoms with E-state index in [0.717, 1.165) is 26.1 Å². The first-order valence-electron chi connectivity index (χ1n) is 7.49. The Morgan fingerprint density at radius 3 is 3.05 bits per heavy atom. The van der Waals surface area contributed by atoms with Crippen LogP contribution in [-0.2, 0) is 4.74 Å². The molecule has 1 saturated heterocycles. The lowest BCUT2D eigenvalue weighted by molar-refractivity contribution is 0.0514. The molecule has 1 fully saturated rings. The summed E-state index contributed by atoms with van der Waals surface area (Å²) in [5.41, 5.74) is 0.559. The van der Waals surface area contributed by atoms with Gasteiger partial charge in [0.15, 0.2) is 0 Å². The highest BCUT2D eigenvalue weighted by atomic mass is 35.5. The Labute approximate surface area is 130 Å². The van der Waals surface area contributed by atoms with E-state index < -0.39 is 0 Å². The maximum absolute atomic E-state index is 12.1. The number of carbonyl (C=O) groups is 1. The van der Waals surface area contributed by atoms with Gasteiger partial charge in [0.2, 0.25) is 0 Å². The lowest BCUT2D eigenvalue weighted by Gasteiger charge is -2.21. The Hall–Kier alpha value is -1.26. The van der Waals surface area contributed by atoms with Gasteiger partial charge in [-0.15, -0.1) is 0 Å². The molecular weight excluding hydrogens is 290 g/mol. The second-order valence-electron chi connectivity index (χ2n) is 5.21. The summed E-state index contributed by atoms with van der Waals surface area (Å²) >= 11 is 6.09. The number of benzene rings is 1. The predicted octanol–water partition coefficient (Wildman–Crippen LogP) is 3.29. The minimum absolute atomic E-state index is 0.100. The molecule has 1 aromatic rings. The number of halogens is 1. The smallest absolute Gasteiger partial charge is 0.251 e. The highest BCUT2D eigenvalue weighted by Gasteiger charge is 2.14. The van der Waals surface area contributed by atoms with Crippen LogP contribution in [0.4, 0.5) is 0 Å². The summed E-state index contributed by atoms with van der Waals surface area (Å²) in [6, 6.07) is 5.11. The molecule has 21 heavy (non-hydrogen) atoms. The molecule has 1 heterocycles. The molecule has 0 bridgehead atoms. The molecular formula is C16H22ClNO3. The first-order valence-corrected chi connectivity index (χ1v) is 7.86. The summed E-state index contributed by atoms with van der Waals surface area (Å²) in [5.74, 6) is 1.06. The molecule has 0 spiro atoms. The predicted molar refractivity (Wildman–Crippen MR) is 83.1 cm³/mol. The highest BCUT2D eigenvalue weighted by Crippen LogP contribution is 2.25. The number of nitrogens with one attached hydrogen (secondary N) is 1. The molecule has 0 saturated carbocycles. The normalized spacial score (nSPS) is 18.3. The number of carbonyl (C=O) groups excluding carboxylic acids is 1. The van der Waals surface area contributed by atoms with E-state index in [-0.39, 0.29) is 5.91 Å². The molecule has 2 rings (SSSR count). The zero-order valence-electron chi connectivity index (χ0n) is 12.4. The minimum atomic E-state index is -0.100. The summed E-state index contributed by atoms with van der Waals surface area (Å²) in [6.07, 6.45) is 3.26. The van der Waals surface area contributed by atoms with Gasteiger partial charge in [0.25, 0.3) is 5.91 Å². The Morgan fingerprint density at radius 2 is 2.38 bits per heavy atom. The van der Waals surface area contributed by atoms with E-state index in [1.807, 2.05) is 6.92 Å². The summed E-state index contributed by atoms with van der Waals surface area (Å²) in [7, 11) is 0. The van der Waals surface area contributed by atoms with Crippen molar-refractivity contribution in [1.29, 1.82) is 0 Å². The molecule has 0 unspecified atom stereocenters. The average Bonchev–Trinajstić information content (AvgIpc) is 2.50. The first-order chi connectivity index (χ1) is 10.2. The minimum Gasteiger partial charge on any atom is -0.492 e. The zero-order valence-corrected chi connectivity index (χ0v) is 13.1.